The van der Waals surface area contributed by atoms with Crippen molar-refractivity contribution in [1.82, 2.24) is 14.9 Å². The third-order valence-corrected chi connectivity index (χ3v) is 4.03. The molecule has 4 heteroatoms. The first kappa shape index (κ1) is 14.3. The molecule has 2 aromatic rings. The number of rotatable bonds is 5. The van der Waals surface area contributed by atoms with Gasteiger partial charge >= 0.3 is 0 Å². The van der Waals surface area contributed by atoms with E-state index in [9.17, 15) is 0 Å². The SMILES string of the molecule is Cc1ccc(-c2cncn2CCOC2CCNCC2)cc1. The van der Waals surface area contributed by atoms with E-state index in [1.165, 1.54) is 11.1 Å². The highest BCUT2D eigenvalue weighted by Gasteiger charge is 2.13. The highest BCUT2D eigenvalue weighted by Crippen LogP contribution is 2.19. The van der Waals surface area contributed by atoms with E-state index < -0.39 is 0 Å². The monoisotopic (exact) mass is 285 g/mol. The molecule has 1 saturated heterocycles. The summed E-state index contributed by atoms with van der Waals surface area (Å²) in [7, 11) is 0. The number of aromatic nitrogens is 2. The summed E-state index contributed by atoms with van der Waals surface area (Å²) < 4.78 is 8.15. The summed E-state index contributed by atoms with van der Waals surface area (Å²) in [4.78, 5) is 4.28. The van der Waals surface area contributed by atoms with E-state index in [4.69, 9.17) is 4.74 Å². The van der Waals surface area contributed by atoms with Gasteiger partial charge in [0.2, 0.25) is 0 Å². The summed E-state index contributed by atoms with van der Waals surface area (Å²) in [5.41, 5.74) is 3.64. The molecule has 0 amide bonds. The Morgan fingerprint density at radius 1 is 1.24 bits per heavy atom. The molecular formula is C17H23N3O. The van der Waals surface area contributed by atoms with E-state index in [-0.39, 0.29) is 0 Å². The molecule has 2 heterocycles. The van der Waals surface area contributed by atoms with Crippen LogP contribution in [0.5, 0.6) is 0 Å². The van der Waals surface area contributed by atoms with Crippen LogP contribution in [0.15, 0.2) is 36.8 Å². The molecule has 0 bridgehead atoms. The predicted molar refractivity (Wildman–Crippen MR) is 84.2 cm³/mol. The van der Waals surface area contributed by atoms with Crippen LogP contribution in [0.2, 0.25) is 0 Å². The summed E-state index contributed by atoms with van der Waals surface area (Å²) in [5, 5.41) is 3.36. The first-order chi connectivity index (χ1) is 10.3. The maximum atomic E-state index is 5.98. The molecule has 0 spiro atoms. The van der Waals surface area contributed by atoms with Gasteiger partial charge in [0, 0.05) is 6.54 Å². The number of piperidine rings is 1. The number of benzene rings is 1. The molecule has 0 radical (unpaired) electrons. The molecule has 112 valence electrons. The normalized spacial score (nSPS) is 16.2. The van der Waals surface area contributed by atoms with Gasteiger partial charge in [0.15, 0.2) is 0 Å². The van der Waals surface area contributed by atoms with E-state index in [0.29, 0.717) is 6.10 Å². The van der Waals surface area contributed by atoms with E-state index in [1.807, 2.05) is 12.5 Å². The second-order valence-corrected chi connectivity index (χ2v) is 5.66. The van der Waals surface area contributed by atoms with Crippen molar-refractivity contribution < 1.29 is 4.74 Å². The molecule has 0 saturated carbocycles. The van der Waals surface area contributed by atoms with E-state index in [0.717, 1.165) is 44.8 Å². The molecule has 1 aliphatic heterocycles. The van der Waals surface area contributed by atoms with Crippen LogP contribution in [-0.4, -0.2) is 35.4 Å². The first-order valence-electron chi connectivity index (χ1n) is 7.72. The van der Waals surface area contributed by atoms with Gasteiger partial charge in [-0.05, 0) is 38.4 Å². The van der Waals surface area contributed by atoms with Gasteiger partial charge in [-0.3, -0.25) is 0 Å². The van der Waals surface area contributed by atoms with E-state index in [1.54, 1.807) is 0 Å². The number of nitrogens with one attached hydrogen (secondary N) is 1. The largest absolute Gasteiger partial charge is 0.376 e. The predicted octanol–water partition coefficient (Wildman–Crippen LogP) is 2.63. The number of aryl methyl sites for hydroxylation is 1. The lowest BCUT2D eigenvalue weighted by atomic mass is 10.1. The lowest BCUT2D eigenvalue weighted by Crippen LogP contribution is -2.33. The molecule has 1 aromatic heterocycles. The van der Waals surface area contributed by atoms with Crippen LogP contribution in [-0.2, 0) is 11.3 Å². The number of hydrogen-bond donors (Lipinski definition) is 1. The van der Waals surface area contributed by atoms with Gasteiger partial charge in [0.25, 0.3) is 0 Å². The Morgan fingerprint density at radius 2 is 2.00 bits per heavy atom. The van der Waals surface area contributed by atoms with Gasteiger partial charge in [-0.2, -0.15) is 0 Å². The summed E-state index contributed by atoms with van der Waals surface area (Å²) in [5.74, 6) is 0. The zero-order valence-corrected chi connectivity index (χ0v) is 12.6. The molecular weight excluding hydrogens is 262 g/mol. The minimum atomic E-state index is 0.414. The third kappa shape index (κ3) is 3.71. The molecule has 3 rings (SSSR count). The second kappa shape index (κ2) is 6.87. The Morgan fingerprint density at radius 3 is 2.76 bits per heavy atom. The fourth-order valence-electron chi connectivity index (χ4n) is 2.74. The van der Waals surface area contributed by atoms with Crippen LogP contribution in [0.4, 0.5) is 0 Å². The fourth-order valence-corrected chi connectivity index (χ4v) is 2.74. The van der Waals surface area contributed by atoms with Crippen molar-refractivity contribution in [3.05, 3.63) is 42.4 Å². The van der Waals surface area contributed by atoms with Crippen LogP contribution in [0.3, 0.4) is 0 Å². The maximum Gasteiger partial charge on any atom is 0.0951 e. The average molecular weight is 285 g/mol. The number of hydrogen-bond acceptors (Lipinski definition) is 3. The van der Waals surface area contributed by atoms with Crippen LogP contribution >= 0.6 is 0 Å². The quantitative estimate of drug-likeness (QED) is 0.918. The second-order valence-electron chi connectivity index (χ2n) is 5.66. The van der Waals surface area contributed by atoms with Gasteiger partial charge in [0.05, 0.1) is 30.9 Å². The summed E-state index contributed by atoms with van der Waals surface area (Å²) >= 11 is 0. The maximum absolute atomic E-state index is 5.98. The van der Waals surface area contributed by atoms with Crippen molar-refractivity contribution in [3.63, 3.8) is 0 Å². The standard InChI is InChI=1S/C17H23N3O/c1-14-2-4-15(5-3-14)17-12-19-13-20(17)10-11-21-16-6-8-18-9-7-16/h2-5,12-13,16,18H,6-11H2,1H3. The minimum Gasteiger partial charge on any atom is -0.376 e. The zero-order valence-electron chi connectivity index (χ0n) is 12.6. The third-order valence-electron chi connectivity index (χ3n) is 4.03. The van der Waals surface area contributed by atoms with Crippen LogP contribution in [0.1, 0.15) is 18.4 Å². The summed E-state index contributed by atoms with van der Waals surface area (Å²) in [6.45, 7) is 5.86. The van der Waals surface area contributed by atoms with Crippen molar-refractivity contribution in [2.75, 3.05) is 19.7 Å². The zero-order chi connectivity index (χ0) is 14.5. The molecule has 0 atom stereocenters. The molecule has 0 aliphatic carbocycles. The van der Waals surface area contributed by atoms with Crippen molar-refractivity contribution >= 4 is 0 Å². The van der Waals surface area contributed by atoms with Gasteiger partial charge in [-0.25, -0.2) is 4.98 Å². The highest BCUT2D eigenvalue weighted by atomic mass is 16.5. The average Bonchev–Trinajstić information content (AvgIpc) is 2.98. The van der Waals surface area contributed by atoms with Crippen molar-refractivity contribution in [1.29, 1.82) is 0 Å². The van der Waals surface area contributed by atoms with Crippen molar-refractivity contribution in [2.45, 2.75) is 32.4 Å². The van der Waals surface area contributed by atoms with Gasteiger partial charge < -0.3 is 14.6 Å². The topological polar surface area (TPSA) is 39.1 Å². The molecule has 1 fully saturated rings. The van der Waals surface area contributed by atoms with Crippen LogP contribution in [0.25, 0.3) is 11.3 Å². The Kier molecular flexibility index (Phi) is 4.68. The molecule has 1 aliphatic rings. The number of nitrogens with zero attached hydrogens (tertiary/aromatic N) is 2. The van der Waals surface area contributed by atoms with Gasteiger partial charge in [-0.1, -0.05) is 29.8 Å². The highest BCUT2D eigenvalue weighted by molar-refractivity contribution is 5.59. The Hall–Kier alpha value is -1.65. The summed E-state index contributed by atoms with van der Waals surface area (Å²) in [6, 6.07) is 8.57. The van der Waals surface area contributed by atoms with Crippen LogP contribution in [0, 0.1) is 6.92 Å². The Bertz CT molecular complexity index is 556. The lowest BCUT2D eigenvalue weighted by Gasteiger charge is -2.23. The van der Waals surface area contributed by atoms with Crippen molar-refractivity contribution in [2.24, 2.45) is 0 Å². The molecule has 1 aromatic carbocycles. The molecule has 1 N–H and O–H groups in total. The smallest absolute Gasteiger partial charge is 0.0951 e. The van der Waals surface area contributed by atoms with Gasteiger partial charge in [-0.15, -0.1) is 0 Å². The molecule has 4 nitrogen and oxygen atoms in total. The molecule has 0 unspecified atom stereocenters. The van der Waals surface area contributed by atoms with E-state index in [2.05, 4.69) is 46.1 Å². The lowest BCUT2D eigenvalue weighted by molar-refractivity contribution is 0.0286. The number of ether oxygens (including phenoxy) is 1. The minimum absolute atomic E-state index is 0.414. The van der Waals surface area contributed by atoms with E-state index >= 15 is 0 Å². The first-order valence-corrected chi connectivity index (χ1v) is 7.72. The Labute approximate surface area is 126 Å². The van der Waals surface area contributed by atoms with Gasteiger partial charge in [0.1, 0.15) is 0 Å². The summed E-state index contributed by atoms with van der Waals surface area (Å²) in [6.07, 6.45) is 6.47. The van der Waals surface area contributed by atoms with Crippen LogP contribution < -0.4 is 5.32 Å². The Balaban J connectivity index is 1.59. The fraction of sp³-hybridized carbons (Fsp3) is 0.471. The number of imidazole rings is 1. The van der Waals surface area contributed by atoms with Crippen molar-refractivity contribution in [3.8, 4) is 11.3 Å². The molecule has 21 heavy (non-hydrogen) atoms.